The molecule has 1 aliphatic rings. The largest absolute Gasteiger partial charge is 0.467 e. The lowest BCUT2D eigenvalue weighted by Crippen LogP contribution is -2.51. The molecule has 1 aliphatic heterocycles. The van der Waals surface area contributed by atoms with Crippen LogP contribution in [-0.2, 0) is 27.4 Å². The Balaban J connectivity index is 1.28. The quantitative estimate of drug-likeness (QED) is 0.491. The van der Waals surface area contributed by atoms with Crippen LogP contribution in [0.25, 0.3) is 10.9 Å². The highest BCUT2D eigenvalue weighted by Gasteiger charge is 2.27. The predicted molar refractivity (Wildman–Crippen MR) is 111 cm³/mol. The summed E-state index contributed by atoms with van der Waals surface area (Å²) in [5.41, 5.74) is 0.438. The lowest BCUT2D eigenvalue weighted by molar-refractivity contribution is -0.140. The first-order valence-corrected chi connectivity index (χ1v) is 9.97. The van der Waals surface area contributed by atoms with E-state index >= 15 is 0 Å². The fourth-order valence-electron chi connectivity index (χ4n) is 3.37. The smallest absolute Gasteiger partial charge is 0.258 e. The van der Waals surface area contributed by atoms with Gasteiger partial charge in [0.2, 0.25) is 5.91 Å². The molecule has 1 unspecified atom stereocenters. The van der Waals surface area contributed by atoms with E-state index in [9.17, 15) is 14.4 Å². The van der Waals surface area contributed by atoms with Crippen molar-refractivity contribution in [2.24, 2.45) is 0 Å². The number of benzene rings is 1. The van der Waals surface area contributed by atoms with E-state index in [1.807, 2.05) is 11.0 Å². The molecule has 3 N–H and O–H groups in total. The Morgan fingerprint density at radius 2 is 2.06 bits per heavy atom. The first-order chi connectivity index (χ1) is 15.1. The molecule has 10 heteroatoms. The monoisotopic (exact) mass is 425 g/mol. The first kappa shape index (κ1) is 20.8. The number of hydrogen-bond acceptors (Lipinski definition) is 7. The van der Waals surface area contributed by atoms with Crippen molar-refractivity contribution in [1.82, 2.24) is 25.5 Å². The van der Waals surface area contributed by atoms with Crippen molar-refractivity contribution in [3.05, 3.63) is 64.6 Å². The number of amides is 2. The van der Waals surface area contributed by atoms with Gasteiger partial charge in [-0.15, -0.1) is 0 Å². The summed E-state index contributed by atoms with van der Waals surface area (Å²) >= 11 is 0. The lowest BCUT2D eigenvalue weighted by atomic mass is 10.2. The number of H-pyrrole nitrogens is 1. The number of aromatic nitrogens is 2. The zero-order valence-corrected chi connectivity index (χ0v) is 16.8. The maximum atomic E-state index is 12.4. The number of ether oxygens (including phenoxy) is 1. The molecule has 10 nitrogen and oxygen atoms in total. The van der Waals surface area contributed by atoms with Gasteiger partial charge in [-0.3, -0.25) is 19.3 Å². The molecule has 0 saturated carbocycles. The standard InChI is InChI=1S/C21H23N5O5/c27-19(22-10-14-4-3-8-30-14)11-23-21(29)17-12-26(7-9-31-17)13-18-24-16-6-2-1-5-15(16)20(28)25-18/h1-6,8,17H,7,9-13H2,(H,22,27)(H,23,29)(H,24,25,28). The van der Waals surface area contributed by atoms with E-state index in [2.05, 4.69) is 20.6 Å². The zero-order valence-electron chi connectivity index (χ0n) is 16.8. The Labute approximate surface area is 177 Å². The number of furan rings is 1. The van der Waals surface area contributed by atoms with Gasteiger partial charge in [-0.05, 0) is 24.3 Å². The zero-order chi connectivity index (χ0) is 21.6. The van der Waals surface area contributed by atoms with Crippen LogP contribution in [0.1, 0.15) is 11.6 Å². The maximum absolute atomic E-state index is 12.4. The van der Waals surface area contributed by atoms with Crippen LogP contribution in [0.3, 0.4) is 0 Å². The van der Waals surface area contributed by atoms with Gasteiger partial charge in [-0.1, -0.05) is 12.1 Å². The number of hydrogen-bond donors (Lipinski definition) is 3. The maximum Gasteiger partial charge on any atom is 0.258 e. The summed E-state index contributed by atoms with van der Waals surface area (Å²) in [6.07, 6.45) is 0.817. The summed E-state index contributed by atoms with van der Waals surface area (Å²) in [5, 5.41) is 5.80. The van der Waals surface area contributed by atoms with Gasteiger partial charge in [0.25, 0.3) is 11.5 Å². The van der Waals surface area contributed by atoms with Gasteiger partial charge in [-0.25, -0.2) is 4.98 Å². The van der Waals surface area contributed by atoms with Gasteiger partial charge in [0.05, 0.1) is 43.4 Å². The molecular weight excluding hydrogens is 402 g/mol. The number of morpholine rings is 1. The molecule has 0 spiro atoms. The lowest BCUT2D eigenvalue weighted by Gasteiger charge is -2.31. The van der Waals surface area contributed by atoms with E-state index in [0.717, 1.165) is 0 Å². The summed E-state index contributed by atoms with van der Waals surface area (Å²) < 4.78 is 10.7. The number of carbonyl (C=O) groups excluding carboxylic acids is 2. The summed E-state index contributed by atoms with van der Waals surface area (Å²) in [6, 6.07) is 10.6. The van der Waals surface area contributed by atoms with Gasteiger partial charge in [0, 0.05) is 13.1 Å². The number of fused-ring (bicyclic) bond motifs is 1. The van der Waals surface area contributed by atoms with Gasteiger partial charge in [-0.2, -0.15) is 0 Å². The van der Waals surface area contributed by atoms with Crippen LogP contribution in [0.4, 0.5) is 0 Å². The number of aromatic amines is 1. The average Bonchev–Trinajstić information content (AvgIpc) is 3.30. The van der Waals surface area contributed by atoms with E-state index < -0.39 is 6.10 Å². The van der Waals surface area contributed by atoms with Crippen molar-refractivity contribution in [1.29, 1.82) is 0 Å². The highest BCUT2D eigenvalue weighted by molar-refractivity contribution is 5.87. The topological polar surface area (TPSA) is 130 Å². The molecule has 2 aromatic heterocycles. The second kappa shape index (κ2) is 9.54. The minimum absolute atomic E-state index is 0.154. The normalized spacial score (nSPS) is 16.8. The van der Waals surface area contributed by atoms with Gasteiger partial charge < -0.3 is 24.8 Å². The van der Waals surface area contributed by atoms with Gasteiger partial charge in [0.15, 0.2) is 0 Å². The van der Waals surface area contributed by atoms with Crippen molar-refractivity contribution in [2.75, 3.05) is 26.2 Å². The fraction of sp³-hybridized carbons (Fsp3) is 0.333. The SMILES string of the molecule is O=C(CNC(=O)C1CN(Cc2nc3ccccc3c(=O)[nH]2)CCO1)NCc1ccco1. The van der Waals surface area contributed by atoms with E-state index in [-0.39, 0.29) is 30.5 Å². The van der Waals surface area contributed by atoms with E-state index in [4.69, 9.17) is 9.15 Å². The molecule has 0 aliphatic carbocycles. The highest BCUT2D eigenvalue weighted by Crippen LogP contribution is 2.10. The molecule has 1 atom stereocenters. The minimum atomic E-state index is -0.709. The summed E-state index contributed by atoms with van der Waals surface area (Å²) in [6.45, 7) is 1.78. The summed E-state index contributed by atoms with van der Waals surface area (Å²) in [7, 11) is 0. The van der Waals surface area contributed by atoms with Crippen molar-refractivity contribution in [2.45, 2.75) is 19.2 Å². The van der Waals surface area contributed by atoms with E-state index in [0.29, 0.717) is 48.7 Å². The Bertz CT molecular complexity index is 1110. The molecule has 0 bridgehead atoms. The van der Waals surface area contributed by atoms with Crippen LogP contribution in [-0.4, -0.2) is 59.0 Å². The van der Waals surface area contributed by atoms with Crippen LogP contribution in [0.5, 0.6) is 0 Å². The van der Waals surface area contributed by atoms with Crippen molar-refractivity contribution in [3.8, 4) is 0 Å². The third-order valence-corrected chi connectivity index (χ3v) is 4.94. The number of nitrogens with zero attached hydrogens (tertiary/aromatic N) is 2. The van der Waals surface area contributed by atoms with E-state index in [1.54, 1.807) is 30.3 Å². The number of nitrogens with one attached hydrogen (secondary N) is 3. The minimum Gasteiger partial charge on any atom is -0.467 e. The molecule has 162 valence electrons. The fourth-order valence-corrected chi connectivity index (χ4v) is 3.37. The molecule has 31 heavy (non-hydrogen) atoms. The summed E-state index contributed by atoms with van der Waals surface area (Å²) in [4.78, 5) is 45.9. The molecule has 3 aromatic rings. The Hall–Kier alpha value is -3.50. The first-order valence-electron chi connectivity index (χ1n) is 9.97. The van der Waals surface area contributed by atoms with Gasteiger partial charge >= 0.3 is 0 Å². The van der Waals surface area contributed by atoms with Gasteiger partial charge in [0.1, 0.15) is 17.7 Å². The molecule has 0 radical (unpaired) electrons. The Kier molecular flexibility index (Phi) is 6.39. The third-order valence-electron chi connectivity index (χ3n) is 4.94. The molecule has 4 rings (SSSR count). The number of rotatable bonds is 7. The Morgan fingerprint density at radius 1 is 1.19 bits per heavy atom. The second-order valence-electron chi connectivity index (χ2n) is 7.20. The van der Waals surface area contributed by atoms with Crippen LogP contribution in [0.2, 0.25) is 0 Å². The van der Waals surface area contributed by atoms with Crippen molar-refractivity contribution < 1.29 is 18.7 Å². The number of carbonyl (C=O) groups is 2. The third kappa shape index (κ3) is 5.36. The molecule has 1 aromatic carbocycles. The van der Waals surface area contributed by atoms with Crippen molar-refractivity contribution in [3.63, 3.8) is 0 Å². The highest BCUT2D eigenvalue weighted by atomic mass is 16.5. The second-order valence-corrected chi connectivity index (χ2v) is 7.20. The molecule has 3 heterocycles. The van der Waals surface area contributed by atoms with E-state index in [1.165, 1.54) is 6.26 Å². The van der Waals surface area contributed by atoms with Crippen LogP contribution >= 0.6 is 0 Å². The number of para-hydroxylation sites is 1. The summed E-state index contributed by atoms with van der Waals surface area (Å²) in [5.74, 6) is 0.474. The predicted octanol–water partition coefficient (Wildman–Crippen LogP) is 0.150. The van der Waals surface area contributed by atoms with Crippen LogP contribution < -0.4 is 16.2 Å². The molecule has 1 fully saturated rings. The molecule has 2 amide bonds. The van der Waals surface area contributed by atoms with Crippen LogP contribution in [0, 0.1) is 0 Å². The van der Waals surface area contributed by atoms with Crippen LogP contribution in [0.15, 0.2) is 51.9 Å². The molecule has 1 saturated heterocycles. The van der Waals surface area contributed by atoms with Crippen molar-refractivity contribution >= 4 is 22.7 Å². The molecular formula is C21H23N5O5. The average molecular weight is 425 g/mol. The Morgan fingerprint density at radius 3 is 2.90 bits per heavy atom.